The van der Waals surface area contributed by atoms with Crippen LogP contribution in [0.2, 0.25) is 0 Å². The van der Waals surface area contributed by atoms with E-state index in [1.54, 1.807) is 0 Å². The van der Waals surface area contributed by atoms with E-state index < -0.39 is 17.7 Å². The largest absolute Gasteiger partial charge is 0.320 e. The molecule has 0 saturated heterocycles. The molecule has 3 heteroatoms. The SMILES string of the molecule is CC(C)Cc1cccc(C(N)c2ccc(F)c(F)c2)c1. The summed E-state index contributed by atoms with van der Waals surface area (Å²) in [5.74, 6) is -1.16. The Morgan fingerprint density at radius 3 is 2.30 bits per heavy atom. The second-order valence-electron chi connectivity index (χ2n) is 5.49. The van der Waals surface area contributed by atoms with Crippen molar-refractivity contribution < 1.29 is 8.78 Å². The zero-order valence-electron chi connectivity index (χ0n) is 11.7. The number of nitrogens with two attached hydrogens (primary N) is 1. The Morgan fingerprint density at radius 1 is 0.950 bits per heavy atom. The summed E-state index contributed by atoms with van der Waals surface area (Å²) < 4.78 is 26.2. The highest BCUT2D eigenvalue weighted by molar-refractivity contribution is 5.34. The normalized spacial score (nSPS) is 12.7. The molecule has 0 bridgehead atoms. The molecule has 0 aliphatic rings. The van der Waals surface area contributed by atoms with Gasteiger partial charge < -0.3 is 5.73 Å². The number of hydrogen-bond donors (Lipinski definition) is 1. The first kappa shape index (κ1) is 14.7. The van der Waals surface area contributed by atoms with Gasteiger partial charge in [-0.25, -0.2) is 8.78 Å². The summed E-state index contributed by atoms with van der Waals surface area (Å²) in [6, 6.07) is 11.3. The lowest BCUT2D eigenvalue weighted by Crippen LogP contribution is -2.13. The predicted octanol–water partition coefficient (Wildman–Crippen LogP) is 4.21. The van der Waals surface area contributed by atoms with Gasteiger partial charge in [0.25, 0.3) is 0 Å². The Labute approximate surface area is 118 Å². The van der Waals surface area contributed by atoms with Crippen LogP contribution in [0, 0.1) is 17.6 Å². The maximum absolute atomic E-state index is 13.3. The molecule has 20 heavy (non-hydrogen) atoms. The summed E-state index contributed by atoms with van der Waals surface area (Å²) in [5.41, 5.74) is 8.84. The molecule has 0 amide bonds. The summed E-state index contributed by atoms with van der Waals surface area (Å²) in [6.07, 6.45) is 0.971. The lowest BCUT2D eigenvalue weighted by molar-refractivity contribution is 0.506. The average molecular weight is 275 g/mol. The minimum atomic E-state index is -0.865. The summed E-state index contributed by atoms with van der Waals surface area (Å²) in [4.78, 5) is 0. The van der Waals surface area contributed by atoms with Crippen LogP contribution < -0.4 is 5.73 Å². The number of halogens is 2. The molecular weight excluding hydrogens is 256 g/mol. The van der Waals surface area contributed by atoms with Gasteiger partial charge in [0, 0.05) is 0 Å². The molecule has 0 aliphatic carbocycles. The van der Waals surface area contributed by atoms with Crippen LogP contribution in [0.4, 0.5) is 8.78 Å². The van der Waals surface area contributed by atoms with Gasteiger partial charge in [0.15, 0.2) is 11.6 Å². The van der Waals surface area contributed by atoms with Gasteiger partial charge in [0.2, 0.25) is 0 Å². The molecule has 106 valence electrons. The van der Waals surface area contributed by atoms with Gasteiger partial charge >= 0.3 is 0 Å². The molecule has 1 unspecified atom stereocenters. The van der Waals surface area contributed by atoms with Crippen molar-refractivity contribution in [1.82, 2.24) is 0 Å². The minimum absolute atomic E-state index is 0.447. The molecule has 1 atom stereocenters. The standard InChI is InChI=1S/C17H19F2N/c1-11(2)8-12-4-3-5-13(9-12)17(20)14-6-7-15(18)16(19)10-14/h3-7,9-11,17H,8,20H2,1-2H3. The first-order valence-electron chi connectivity index (χ1n) is 6.76. The number of rotatable bonds is 4. The Morgan fingerprint density at radius 2 is 1.65 bits per heavy atom. The van der Waals surface area contributed by atoms with Crippen molar-refractivity contribution in [2.45, 2.75) is 26.3 Å². The fraction of sp³-hybridized carbons (Fsp3) is 0.294. The topological polar surface area (TPSA) is 26.0 Å². The predicted molar refractivity (Wildman–Crippen MR) is 77.4 cm³/mol. The minimum Gasteiger partial charge on any atom is -0.320 e. The zero-order chi connectivity index (χ0) is 14.7. The molecule has 0 spiro atoms. The molecule has 0 heterocycles. The summed E-state index contributed by atoms with van der Waals surface area (Å²) in [7, 11) is 0. The van der Waals surface area contributed by atoms with Crippen LogP contribution in [0.5, 0.6) is 0 Å². The van der Waals surface area contributed by atoms with E-state index in [9.17, 15) is 8.78 Å². The molecule has 2 aromatic carbocycles. The van der Waals surface area contributed by atoms with Gasteiger partial charge in [-0.3, -0.25) is 0 Å². The number of hydrogen-bond acceptors (Lipinski definition) is 1. The lowest BCUT2D eigenvalue weighted by atomic mass is 9.95. The maximum Gasteiger partial charge on any atom is 0.159 e. The van der Waals surface area contributed by atoms with E-state index in [4.69, 9.17) is 5.73 Å². The van der Waals surface area contributed by atoms with Gasteiger partial charge in [-0.2, -0.15) is 0 Å². The van der Waals surface area contributed by atoms with Crippen LogP contribution in [-0.4, -0.2) is 0 Å². The monoisotopic (exact) mass is 275 g/mol. The van der Waals surface area contributed by atoms with Crippen LogP contribution in [0.3, 0.4) is 0 Å². The van der Waals surface area contributed by atoms with Crippen molar-refractivity contribution in [1.29, 1.82) is 0 Å². The Balaban J connectivity index is 2.28. The molecule has 2 aromatic rings. The third-order valence-electron chi connectivity index (χ3n) is 3.26. The highest BCUT2D eigenvalue weighted by Crippen LogP contribution is 2.23. The molecular formula is C17H19F2N. The van der Waals surface area contributed by atoms with Crippen molar-refractivity contribution in [2.75, 3.05) is 0 Å². The quantitative estimate of drug-likeness (QED) is 0.888. The van der Waals surface area contributed by atoms with E-state index in [2.05, 4.69) is 19.9 Å². The maximum atomic E-state index is 13.3. The fourth-order valence-electron chi connectivity index (χ4n) is 2.28. The first-order valence-corrected chi connectivity index (χ1v) is 6.76. The van der Waals surface area contributed by atoms with Crippen molar-refractivity contribution in [3.8, 4) is 0 Å². The molecule has 0 fully saturated rings. The second-order valence-corrected chi connectivity index (χ2v) is 5.49. The zero-order valence-corrected chi connectivity index (χ0v) is 11.7. The van der Waals surface area contributed by atoms with E-state index in [1.807, 2.05) is 18.2 Å². The van der Waals surface area contributed by atoms with E-state index in [0.29, 0.717) is 11.5 Å². The molecule has 2 rings (SSSR count). The molecule has 2 N–H and O–H groups in total. The molecule has 0 saturated carbocycles. The third-order valence-corrected chi connectivity index (χ3v) is 3.26. The van der Waals surface area contributed by atoms with Crippen LogP contribution in [0.15, 0.2) is 42.5 Å². The van der Waals surface area contributed by atoms with E-state index in [1.165, 1.54) is 11.6 Å². The van der Waals surface area contributed by atoms with Crippen LogP contribution >= 0.6 is 0 Å². The average Bonchev–Trinajstić information content (AvgIpc) is 2.40. The fourth-order valence-corrected chi connectivity index (χ4v) is 2.28. The van der Waals surface area contributed by atoms with Gasteiger partial charge in [-0.1, -0.05) is 44.2 Å². The summed E-state index contributed by atoms with van der Waals surface area (Å²) >= 11 is 0. The van der Waals surface area contributed by atoms with Crippen molar-refractivity contribution in [2.24, 2.45) is 11.7 Å². The third kappa shape index (κ3) is 3.42. The van der Waals surface area contributed by atoms with Gasteiger partial charge in [-0.15, -0.1) is 0 Å². The lowest BCUT2D eigenvalue weighted by Gasteiger charge is -2.15. The van der Waals surface area contributed by atoms with E-state index >= 15 is 0 Å². The van der Waals surface area contributed by atoms with Crippen LogP contribution in [0.25, 0.3) is 0 Å². The van der Waals surface area contributed by atoms with Crippen molar-refractivity contribution in [3.05, 3.63) is 70.8 Å². The second kappa shape index (κ2) is 6.14. The van der Waals surface area contributed by atoms with Crippen LogP contribution in [-0.2, 0) is 6.42 Å². The molecule has 0 aromatic heterocycles. The highest BCUT2D eigenvalue weighted by Gasteiger charge is 2.12. The first-order chi connectivity index (χ1) is 9.47. The summed E-state index contributed by atoms with van der Waals surface area (Å²) in [5, 5.41) is 0. The summed E-state index contributed by atoms with van der Waals surface area (Å²) in [6.45, 7) is 4.31. The molecule has 0 radical (unpaired) electrons. The number of benzene rings is 2. The Kier molecular flexibility index (Phi) is 4.50. The van der Waals surface area contributed by atoms with Gasteiger partial charge in [0.05, 0.1) is 6.04 Å². The van der Waals surface area contributed by atoms with E-state index in [-0.39, 0.29) is 0 Å². The molecule has 0 aliphatic heterocycles. The van der Waals surface area contributed by atoms with Gasteiger partial charge in [0.1, 0.15) is 0 Å². The van der Waals surface area contributed by atoms with Crippen molar-refractivity contribution in [3.63, 3.8) is 0 Å². The Hall–Kier alpha value is -1.74. The molecule has 1 nitrogen and oxygen atoms in total. The Bertz CT molecular complexity index is 593. The van der Waals surface area contributed by atoms with Crippen molar-refractivity contribution >= 4 is 0 Å². The highest BCUT2D eigenvalue weighted by atomic mass is 19.2. The smallest absolute Gasteiger partial charge is 0.159 e. The van der Waals surface area contributed by atoms with Crippen LogP contribution in [0.1, 0.15) is 36.6 Å². The van der Waals surface area contributed by atoms with Gasteiger partial charge in [-0.05, 0) is 41.2 Å². The van der Waals surface area contributed by atoms with E-state index in [0.717, 1.165) is 24.1 Å².